The summed E-state index contributed by atoms with van der Waals surface area (Å²) in [6.45, 7) is 29.0. The SMILES string of the molecule is CC(C)(C)C(F)[Si]ON([Si](C)(C)C(C)(C)C)[Si](C)(C)C(C)(C)C. The number of rotatable bonds is 5. The Labute approximate surface area is 149 Å². The van der Waals surface area contributed by atoms with Crippen LogP contribution in [0.1, 0.15) is 62.3 Å². The number of halogens is 1. The lowest BCUT2D eigenvalue weighted by Crippen LogP contribution is -2.68. The highest BCUT2D eigenvalue weighted by atomic mass is 28.4. The van der Waals surface area contributed by atoms with E-state index in [4.69, 9.17) is 4.53 Å². The van der Waals surface area contributed by atoms with Crippen LogP contribution in [0.2, 0.25) is 36.3 Å². The fraction of sp³-hybridized carbons (Fsp3) is 1.00. The number of hydrogen-bond donors (Lipinski definition) is 0. The van der Waals surface area contributed by atoms with Crippen LogP contribution in [0.15, 0.2) is 0 Å². The second kappa shape index (κ2) is 7.02. The summed E-state index contributed by atoms with van der Waals surface area (Å²) in [5, 5.41) is 0.334. The van der Waals surface area contributed by atoms with E-state index in [2.05, 4.69) is 72.1 Å². The lowest BCUT2D eigenvalue weighted by atomic mass is 9.99. The van der Waals surface area contributed by atoms with Crippen molar-refractivity contribution in [1.29, 1.82) is 0 Å². The fourth-order valence-electron chi connectivity index (χ4n) is 1.81. The Morgan fingerprint density at radius 3 is 1.30 bits per heavy atom. The predicted molar refractivity (Wildman–Crippen MR) is 107 cm³/mol. The van der Waals surface area contributed by atoms with Gasteiger partial charge in [0.1, 0.15) is 22.3 Å². The molecule has 0 aliphatic rings. The van der Waals surface area contributed by atoms with Crippen molar-refractivity contribution in [1.82, 2.24) is 4.39 Å². The molecule has 2 nitrogen and oxygen atoms in total. The second-order valence-electron chi connectivity index (χ2n) is 10.9. The van der Waals surface area contributed by atoms with E-state index < -0.39 is 22.3 Å². The van der Waals surface area contributed by atoms with E-state index in [1.54, 1.807) is 0 Å². The van der Waals surface area contributed by atoms with Gasteiger partial charge in [0, 0.05) is 0 Å². The van der Waals surface area contributed by atoms with Crippen LogP contribution in [0, 0.1) is 5.41 Å². The Bertz CT molecular complexity index is 366. The number of nitrogens with zero attached hydrogens (tertiary/aromatic N) is 1. The van der Waals surface area contributed by atoms with E-state index in [1.165, 1.54) is 0 Å². The van der Waals surface area contributed by atoms with Crippen molar-refractivity contribution in [3.63, 3.8) is 0 Å². The maximum absolute atomic E-state index is 14.5. The minimum atomic E-state index is -1.89. The molecule has 0 saturated carbocycles. The van der Waals surface area contributed by atoms with Gasteiger partial charge in [0.2, 0.25) is 0 Å². The van der Waals surface area contributed by atoms with Gasteiger partial charge in [0.05, 0.1) is 0 Å². The Morgan fingerprint density at radius 1 is 0.783 bits per heavy atom. The molecule has 0 fully saturated rings. The first-order valence-corrected chi connectivity index (χ1v) is 15.5. The highest BCUT2D eigenvalue weighted by Crippen LogP contribution is 2.47. The third-order valence-corrected chi connectivity index (χ3v) is 20.3. The highest BCUT2D eigenvalue weighted by molar-refractivity contribution is 6.92. The van der Waals surface area contributed by atoms with E-state index in [9.17, 15) is 4.39 Å². The standard InChI is InChI=1S/C17H40FNOSi3/c1-15(2,3)14(18)21-20-19(22(10,11)16(4,5)6)23(12,13)17(7,8)9/h14H,1-13H3. The Balaban J connectivity index is 5.69. The van der Waals surface area contributed by atoms with Gasteiger partial charge < -0.3 is 4.53 Å². The van der Waals surface area contributed by atoms with Crippen LogP contribution >= 0.6 is 0 Å². The van der Waals surface area contributed by atoms with Gasteiger partial charge in [-0.15, -0.1) is 0 Å². The molecule has 138 valence electrons. The lowest BCUT2D eigenvalue weighted by molar-refractivity contribution is 0.0791. The largest absolute Gasteiger partial charge is 0.354 e. The molecule has 0 aliphatic carbocycles. The number of alkyl halides is 1. The molecule has 2 radical (unpaired) electrons. The monoisotopic (exact) mass is 377 g/mol. The summed E-state index contributed by atoms with van der Waals surface area (Å²) in [6.07, 6.45) is 0. The molecule has 0 aromatic heterocycles. The van der Waals surface area contributed by atoms with E-state index in [1.807, 2.05) is 20.8 Å². The summed E-state index contributed by atoms with van der Waals surface area (Å²) in [4.78, 5) is 0. The Kier molecular flexibility index (Phi) is 7.17. The van der Waals surface area contributed by atoms with Crippen LogP contribution in [-0.2, 0) is 4.53 Å². The maximum Gasteiger partial charge on any atom is 0.299 e. The normalized spacial score (nSPS) is 16.8. The molecule has 0 saturated heterocycles. The smallest absolute Gasteiger partial charge is 0.299 e. The quantitative estimate of drug-likeness (QED) is 0.418. The molecule has 1 unspecified atom stereocenters. The topological polar surface area (TPSA) is 12.5 Å². The van der Waals surface area contributed by atoms with Crippen LogP contribution in [0.5, 0.6) is 0 Å². The first kappa shape index (κ1) is 23.5. The highest BCUT2D eigenvalue weighted by Gasteiger charge is 2.53. The van der Waals surface area contributed by atoms with Crippen molar-refractivity contribution in [3.8, 4) is 0 Å². The van der Waals surface area contributed by atoms with Gasteiger partial charge in [-0.3, -0.25) is 0 Å². The first-order valence-electron chi connectivity index (χ1n) is 8.63. The van der Waals surface area contributed by atoms with E-state index in [-0.39, 0.29) is 25.3 Å². The van der Waals surface area contributed by atoms with Gasteiger partial charge in [-0.05, 0) is 15.5 Å². The Morgan fingerprint density at radius 2 is 1.09 bits per heavy atom. The summed E-state index contributed by atoms with van der Waals surface area (Å²) in [7, 11) is -3.91. The summed E-state index contributed by atoms with van der Waals surface area (Å²) in [6, 6.07) is 0. The zero-order chi connectivity index (χ0) is 19.1. The summed E-state index contributed by atoms with van der Waals surface area (Å²) < 4.78 is 23.2. The van der Waals surface area contributed by atoms with Crippen molar-refractivity contribution in [3.05, 3.63) is 0 Å². The first-order chi connectivity index (χ1) is 9.76. The molecule has 0 bridgehead atoms. The summed E-state index contributed by atoms with van der Waals surface area (Å²) >= 11 is 0. The van der Waals surface area contributed by atoms with Crippen LogP contribution in [0.3, 0.4) is 0 Å². The summed E-state index contributed by atoms with van der Waals surface area (Å²) in [5.74, 6) is -0.931. The molecule has 0 N–H and O–H groups in total. The third kappa shape index (κ3) is 5.49. The van der Waals surface area contributed by atoms with Crippen molar-refractivity contribution in [2.45, 2.75) is 104 Å². The van der Waals surface area contributed by atoms with Gasteiger partial charge in [-0.25, -0.2) is 8.78 Å². The zero-order valence-electron chi connectivity index (χ0n) is 17.8. The molecule has 0 aliphatic heterocycles. The lowest BCUT2D eigenvalue weighted by Gasteiger charge is -2.56. The molecular formula is C17H40FNOSi3. The van der Waals surface area contributed by atoms with Gasteiger partial charge in [-0.1, -0.05) is 88.5 Å². The maximum atomic E-state index is 14.5. The second-order valence-corrected chi connectivity index (χ2v) is 22.3. The number of hydrogen-bond acceptors (Lipinski definition) is 2. The average Bonchev–Trinajstić information content (AvgIpc) is 2.23. The predicted octanol–water partition coefficient (Wildman–Crippen LogP) is 6.19. The van der Waals surface area contributed by atoms with Gasteiger partial charge in [0.15, 0.2) is 0 Å². The van der Waals surface area contributed by atoms with Crippen molar-refractivity contribution in [2.24, 2.45) is 5.41 Å². The minimum absolute atomic E-state index is 0.128. The van der Waals surface area contributed by atoms with E-state index >= 15 is 0 Å². The fourth-order valence-corrected chi connectivity index (χ4v) is 13.3. The van der Waals surface area contributed by atoms with Gasteiger partial charge >= 0.3 is 0 Å². The van der Waals surface area contributed by atoms with Crippen LogP contribution in [-0.4, -0.2) is 36.4 Å². The third-order valence-electron chi connectivity index (χ3n) is 5.69. The molecule has 0 heterocycles. The average molecular weight is 378 g/mol. The van der Waals surface area contributed by atoms with E-state index in [0.29, 0.717) is 0 Å². The molecule has 23 heavy (non-hydrogen) atoms. The molecule has 0 spiro atoms. The molecule has 6 heteroatoms. The molecule has 0 aromatic carbocycles. The molecular weight excluding hydrogens is 337 g/mol. The molecule has 1 atom stereocenters. The van der Waals surface area contributed by atoms with Crippen LogP contribution in [0.25, 0.3) is 0 Å². The van der Waals surface area contributed by atoms with Crippen LogP contribution in [0.4, 0.5) is 4.39 Å². The zero-order valence-corrected chi connectivity index (χ0v) is 20.8. The van der Waals surface area contributed by atoms with Gasteiger partial charge in [0.25, 0.3) is 9.76 Å². The molecule has 0 amide bonds. The Hall–Kier alpha value is 0.501. The van der Waals surface area contributed by atoms with Gasteiger partial charge in [-0.2, -0.15) is 0 Å². The van der Waals surface area contributed by atoms with Crippen molar-refractivity contribution >= 4 is 26.2 Å². The minimum Gasteiger partial charge on any atom is -0.354 e. The molecule has 0 aromatic rings. The summed E-state index contributed by atoms with van der Waals surface area (Å²) in [5.41, 5.74) is -0.370. The van der Waals surface area contributed by atoms with Crippen molar-refractivity contribution < 1.29 is 8.92 Å². The van der Waals surface area contributed by atoms with Crippen molar-refractivity contribution in [2.75, 3.05) is 0 Å². The van der Waals surface area contributed by atoms with E-state index in [0.717, 1.165) is 0 Å². The van der Waals surface area contributed by atoms with Crippen LogP contribution < -0.4 is 0 Å². The molecule has 0 rings (SSSR count).